The van der Waals surface area contributed by atoms with Crippen molar-refractivity contribution in [3.63, 3.8) is 0 Å². The van der Waals surface area contributed by atoms with E-state index < -0.39 is 10.1 Å². The summed E-state index contributed by atoms with van der Waals surface area (Å²) in [6.07, 6.45) is 30.1. The van der Waals surface area contributed by atoms with Crippen LogP contribution in [-0.4, -0.2) is 43.1 Å². The average Bonchev–Trinajstić information content (AvgIpc) is 2.81. The molecule has 0 heterocycles. The second kappa shape index (κ2) is 25.0. The van der Waals surface area contributed by atoms with Crippen LogP contribution in [0.25, 0.3) is 0 Å². The summed E-state index contributed by atoms with van der Waals surface area (Å²) in [4.78, 5) is 13.8. The fraction of sp³-hybridized carbons (Fsp3) is 0.966. The molecule has 0 bridgehead atoms. The van der Waals surface area contributed by atoms with E-state index >= 15 is 0 Å². The average molecular weight is 518 g/mol. The van der Waals surface area contributed by atoms with Gasteiger partial charge in [0, 0.05) is 20.0 Å². The van der Waals surface area contributed by atoms with Crippen molar-refractivity contribution in [1.29, 1.82) is 0 Å². The van der Waals surface area contributed by atoms with E-state index in [4.69, 9.17) is 4.55 Å². The topological polar surface area (TPSA) is 74.7 Å². The quantitative estimate of drug-likeness (QED) is 0.0873. The summed E-state index contributed by atoms with van der Waals surface area (Å²) in [6.45, 7) is 2.83. The van der Waals surface area contributed by atoms with Crippen LogP contribution in [0.1, 0.15) is 161 Å². The Morgan fingerprint density at radius 2 is 0.914 bits per heavy atom. The molecule has 1 N–H and O–H groups in total. The summed E-state index contributed by atoms with van der Waals surface area (Å²) in [5.41, 5.74) is 0. The van der Waals surface area contributed by atoms with Crippen LogP contribution in [-0.2, 0) is 14.9 Å². The molecule has 0 saturated carbocycles. The first-order valence-corrected chi connectivity index (χ1v) is 16.7. The number of rotatable bonds is 27. The lowest BCUT2D eigenvalue weighted by Gasteiger charge is -2.16. The highest BCUT2D eigenvalue weighted by atomic mass is 32.2. The summed E-state index contributed by atoms with van der Waals surface area (Å²) in [6, 6.07) is 0. The van der Waals surface area contributed by atoms with Crippen molar-refractivity contribution in [1.82, 2.24) is 4.90 Å². The Balaban J connectivity index is 3.25. The first-order valence-electron chi connectivity index (χ1n) is 15.1. The minimum absolute atomic E-state index is 0.134. The van der Waals surface area contributed by atoms with Crippen molar-refractivity contribution in [3.8, 4) is 0 Å². The minimum atomic E-state index is -3.89. The minimum Gasteiger partial charge on any atom is -0.346 e. The molecule has 0 aliphatic carbocycles. The molecule has 0 rings (SSSR count). The van der Waals surface area contributed by atoms with E-state index in [9.17, 15) is 13.2 Å². The maximum Gasteiger partial charge on any atom is 0.264 e. The van der Waals surface area contributed by atoms with Crippen LogP contribution in [0.15, 0.2) is 0 Å². The molecule has 6 heteroatoms. The van der Waals surface area contributed by atoms with Crippen molar-refractivity contribution in [2.45, 2.75) is 161 Å². The van der Waals surface area contributed by atoms with Gasteiger partial charge in [-0.1, -0.05) is 135 Å². The summed E-state index contributed by atoms with van der Waals surface area (Å²) in [5.74, 6) is -0.0938. The molecule has 0 unspecified atom stereocenters. The summed E-state index contributed by atoms with van der Waals surface area (Å²) in [7, 11) is -2.12. The van der Waals surface area contributed by atoms with Gasteiger partial charge in [0.2, 0.25) is 5.91 Å². The molecule has 0 aromatic carbocycles. The van der Waals surface area contributed by atoms with E-state index in [0.29, 0.717) is 25.8 Å². The van der Waals surface area contributed by atoms with E-state index in [1.165, 1.54) is 122 Å². The molecule has 35 heavy (non-hydrogen) atoms. The first kappa shape index (κ1) is 34.4. The van der Waals surface area contributed by atoms with E-state index in [1.54, 1.807) is 11.9 Å². The van der Waals surface area contributed by atoms with E-state index in [0.717, 1.165) is 12.8 Å². The van der Waals surface area contributed by atoms with Crippen LogP contribution in [0, 0.1) is 0 Å². The van der Waals surface area contributed by atoms with Gasteiger partial charge in [-0.3, -0.25) is 9.35 Å². The van der Waals surface area contributed by atoms with Crippen molar-refractivity contribution < 1.29 is 17.8 Å². The van der Waals surface area contributed by atoms with Crippen LogP contribution >= 0.6 is 0 Å². The maximum atomic E-state index is 12.1. The molecule has 0 spiro atoms. The normalized spacial score (nSPS) is 11.7. The third-order valence-electron chi connectivity index (χ3n) is 7.07. The molecule has 0 aliphatic heterocycles. The molecule has 0 aromatic heterocycles. The number of hydrogen-bond acceptors (Lipinski definition) is 3. The molecular weight excluding hydrogens is 458 g/mol. The van der Waals surface area contributed by atoms with Crippen LogP contribution in [0.3, 0.4) is 0 Å². The molecule has 1 amide bonds. The fourth-order valence-electron chi connectivity index (χ4n) is 4.66. The summed E-state index contributed by atoms with van der Waals surface area (Å²) >= 11 is 0. The molecule has 0 radical (unpaired) electrons. The van der Waals surface area contributed by atoms with Gasteiger partial charge in [-0.25, -0.2) is 0 Å². The number of nitrogens with zero attached hydrogens (tertiary/aromatic N) is 1. The summed E-state index contributed by atoms with van der Waals surface area (Å²) < 4.78 is 30.1. The molecule has 0 aromatic rings. The lowest BCUT2D eigenvalue weighted by Crippen LogP contribution is -2.27. The predicted molar refractivity (Wildman–Crippen MR) is 151 cm³/mol. The first-order chi connectivity index (χ1) is 16.9. The van der Waals surface area contributed by atoms with Gasteiger partial charge < -0.3 is 4.90 Å². The van der Waals surface area contributed by atoms with Gasteiger partial charge in [-0.15, -0.1) is 0 Å². The molecule has 5 nitrogen and oxygen atoms in total. The standard InChI is InChI=1S/C29H59NO4S/c1-3-4-5-6-7-8-9-10-11-12-13-14-15-16-17-18-19-20-21-22-23-26-29(31)30(2)27-24-25-28-35(32,33)34/h3-28H2,1-2H3,(H,32,33,34). The SMILES string of the molecule is CCCCCCCCCCCCCCCCCCCCCCCC(=O)N(C)CCCCS(=O)(=O)O. The highest BCUT2D eigenvalue weighted by Gasteiger charge is 2.09. The second-order valence-electron chi connectivity index (χ2n) is 10.6. The number of unbranched alkanes of at least 4 members (excludes halogenated alkanes) is 21. The van der Waals surface area contributed by atoms with Crippen LogP contribution in [0.2, 0.25) is 0 Å². The third-order valence-corrected chi connectivity index (χ3v) is 7.87. The zero-order valence-electron chi connectivity index (χ0n) is 23.4. The Kier molecular flexibility index (Phi) is 24.6. The Hall–Kier alpha value is -0.620. The summed E-state index contributed by atoms with van der Waals surface area (Å²) in [5, 5.41) is 0. The molecule has 0 aliphatic rings. The van der Waals surface area contributed by atoms with Gasteiger partial charge in [0.25, 0.3) is 10.1 Å². The Bertz CT molecular complexity index is 565. The van der Waals surface area contributed by atoms with Crippen molar-refractivity contribution in [3.05, 3.63) is 0 Å². The van der Waals surface area contributed by atoms with Crippen molar-refractivity contribution in [2.24, 2.45) is 0 Å². The highest BCUT2D eigenvalue weighted by Crippen LogP contribution is 2.15. The molecule has 0 saturated heterocycles. The number of hydrogen-bond donors (Lipinski definition) is 1. The molecule has 0 atom stereocenters. The monoisotopic (exact) mass is 517 g/mol. The van der Waals surface area contributed by atoms with Crippen LogP contribution in [0.4, 0.5) is 0 Å². The predicted octanol–water partition coefficient (Wildman–Crippen LogP) is 8.71. The zero-order valence-corrected chi connectivity index (χ0v) is 24.2. The van der Waals surface area contributed by atoms with Gasteiger partial charge in [-0.2, -0.15) is 8.42 Å². The van der Waals surface area contributed by atoms with Gasteiger partial charge in [0.1, 0.15) is 0 Å². The van der Waals surface area contributed by atoms with Gasteiger partial charge in [-0.05, 0) is 19.3 Å². The van der Waals surface area contributed by atoms with E-state index in [1.807, 2.05) is 0 Å². The second-order valence-corrected chi connectivity index (χ2v) is 12.2. The lowest BCUT2D eigenvalue weighted by molar-refractivity contribution is -0.130. The fourth-order valence-corrected chi connectivity index (χ4v) is 5.23. The zero-order chi connectivity index (χ0) is 26.0. The lowest BCUT2D eigenvalue weighted by atomic mass is 10.0. The Labute approximate surface area is 219 Å². The van der Waals surface area contributed by atoms with Gasteiger partial charge in [0.15, 0.2) is 0 Å². The van der Waals surface area contributed by atoms with Gasteiger partial charge >= 0.3 is 0 Å². The smallest absolute Gasteiger partial charge is 0.264 e. The van der Waals surface area contributed by atoms with Crippen LogP contribution in [0.5, 0.6) is 0 Å². The number of amides is 1. The maximum absolute atomic E-state index is 12.1. The van der Waals surface area contributed by atoms with Gasteiger partial charge in [0.05, 0.1) is 5.75 Å². The third kappa shape index (κ3) is 27.8. The van der Waals surface area contributed by atoms with E-state index in [-0.39, 0.29) is 11.7 Å². The largest absolute Gasteiger partial charge is 0.346 e. The Morgan fingerprint density at radius 1 is 0.571 bits per heavy atom. The molecule has 210 valence electrons. The molecular formula is C29H59NO4S. The molecule has 0 fully saturated rings. The number of carbonyl (C=O) groups is 1. The highest BCUT2D eigenvalue weighted by molar-refractivity contribution is 7.85. The number of carbonyl (C=O) groups excluding carboxylic acids is 1. The van der Waals surface area contributed by atoms with Crippen molar-refractivity contribution >= 4 is 16.0 Å². The van der Waals surface area contributed by atoms with E-state index in [2.05, 4.69) is 6.92 Å². The Morgan fingerprint density at radius 3 is 1.26 bits per heavy atom. The van der Waals surface area contributed by atoms with Crippen LogP contribution < -0.4 is 0 Å². The van der Waals surface area contributed by atoms with Crippen molar-refractivity contribution in [2.75, 3.05) is 19.3 Å².